The molecule has 0 fully saturated rings. The maximum absolute atomic E-state index is 4.35. The van der Waals surface area contributed by atoms with E-state index in [1.807, 2.05) is 30.4 Å². The smallest absolute Gasteiger partial charge is 0.226 e. The highest BCUT2D eigenvalue weighted by atomic mass is 32.1. The zero-order chi connectivity index (χ0) is 11.4. The van der Waals surface area contributed by atoms with Crippen LogP contribution in [0, 0.1) is 0 Å². The van der Waals surface area contributed by atoms with Gasteiger partial charge in [-0.2, -0.15) is 4.98 Å². The molecule has 2 rings (SSSR count). The van der Waals surface area contributed by atoms with Crippen LogP contribution in [0.15, 0.2) is 23.8 Å². The Hall–Kier alpha value is -1.69. The fourth-order valence-electron chi connectivity index (χ4n) is 1.17. The fraction of sp³-hybridized carbons (Fsp3) is 0.300. The van der Waals surface area contributed by atoms with Gasteiger partial charge in [-0.05, 0) is 6.07 Å². The van der Waals surface area contributed by atoms with Gasteiger partial charge < -0.3 is 10.2 Å². The molecule has 16 heavy (non-hydrogen) atoms. The van der Waals surface area contributed by atoms with Crippen molar-refractivity contribution in [1.29, 1.82) is 0 Å². The van der Waals surface area contributed by atoms with Crippen molar-refractivity contribution in [3.05, 3.63) is 28.8 Å². The summed E-state index contributed by atoms with van der Waals surface area (Å²) in [6.07, 6.45) is 3.54. The number of aromatic nitrogens is 3. The Morgan fingerprint density at radius 3 is 2.88 bits per heavy atom. The molecule has 0 spiro atoms. The Bertz CT molecular complexity index is 440. The minimum absolute atomic E-state index is 0.696. The molecule has 6 heteroatoms. The van der Waals surface area contributed by atoms with Gasteiger partial charge in [-0.1, -0.05) is 0 Å². The molecular formula is C10H13N5S. The molecule has 2 aromatic heterocycles. The second kappa shape index (κ2) is 4.89. The Balaban J connectivity index is 2.01. The summed E-state index contributed by atoms with van der Waals surface area (Å²) in [6, 6.07) is 1.85. The summed E-state index contributed by atoms with van der Waals surface area (Å²) in [7, 11) is 3.83. The van der Waals surface area contributed by atoms with Gasteiger partial charge in [-0.15, -0.1) is 11.3 Å². The molecule has 5 nitrogen and oxygen atoms in total. The van der Waals surface area contributed by atoms with Crippen LogP contribution >= 0.6 is 11.3 Å². The first-order valence-electron chi connectivity index (χ1n) is 4.88. The number of nitrogens with zero attached hydrogens (tertiary/aromatic N) is 4. The van der Waals surface area contributed by atoms with E-state index in [4.69, 9.17) is 0 Å². The van der Waals surface area contributed by atoms with Gasteiger partial charge in [0.25, 0.3) is 0 Å². The largest absolute Gasteiger partial charge is 0.363 e. The van der Waals surface area contributed by atoms with Crippen LogP contribution in [0.25, 0.3) is 0 Å². The molecular weight excluding hydrogens is 222 g/mol. The van der Waals surface area contributed by atoms with Gasteiger partial charge in [0.15, 0.2) is 0 Å². The molecule has 2 aromatic rings. The molecule has 1 N–H and O–H groups in total. The summed E-state index contributed by atoms with van der Waals surface area (Å²) >= 11 is 1.63. The lowest BCUT2D eigenvalue weighted by Gasteiger charge is -2.11. The number of rotatable bonds is 4. The Kier molecular flexibility index (Phi) is 3.31. The molecule has 0 amide bonds. The normalized spacial score (nSPS) is 10.1. The topological polar surface area (TPSA) is 53.9 Å². The van der Waals surface area contributed by atoms with Gasteiger partial charge in [0.2, 0.25) is 5.95 Å². The third-order valence-corrected chi connectivity index (χ3v) is 2.73. The van der Waals surface area contributed by atoms with Crippen LogP contribution in [0.5, 0.6) is 0 Å². The van der Waals surface area contributed by atoms with Crippen LogP contribution < -0.4 is 10.2 Å². The van der Waals surface area contributed by atoms with Gasteiger partial charge in [-0.25, -0.2) is 9.97 Å². The van der Waals surface area contributed by atoms with Crippen molar-refractivity contribution < 1.29 is 0 Å². The van der Waals surface area contributed by atoms with E-state index < -0.39 is 0 Å². The molecule has 0 aromatic carbocycles. The van der Waals surface area contributed by atoms with Crippen LogP contribution in [0.3, 0.4) is 0 Å². The number of anilines is 2. The predicted molar refractivity (Wildman–Crippen MR) is 65.8 cm³/mol. The number of nitrogens with one attached hydrogen (secondary N) is 1. The molecule has 0 aliphatic heterocycles. The van der Waals surface area contributed by atoms with Gasteiger partial charge in [0.05, 0.1) is 6.54 Å². The molecule has 0 bridgehead atoms. The van der Waals surface area contributed by atoms with E-state index >= 15 is 0 Å². The van der Waals surface area contributed by atoms with E-state index in [0.29, 0.717) is 12.5 Å². The quantitative estimate of drug-likeness (QED) is 0.872. The monoisotopic (exact) mass is 235 g/mol. The molecule has 0 radical (unpaired) electrons. The lowest BCUT2D eigenvalue weighted by atomic mass is 10.5. The fourth-order valence-corrected chi connectivity index (χ4v) is 1.72. The van der Waals surface area contributed by atoms with Crippen molar-refractivity contribution in [2.75, 3.05) is 24.3 Å². The van der Waals surface area contributed by atoms with Crippen LogP contribution in [0.4, 0.5) is 11.8 Å². The molecule has 2 heterocycles. The van der Waals surface area contributed by atoms with E-state index in [-0.39, 0.29) is 0 Å². The molecule has 0 aliphatic carbocycles. The van der Waals surface area contributed by atoms with Crippen molar-refractivity contribution in [3.63, 3.8) is 0 Å². The van der Waals surface area contributed by atoms with Crippen molar-refractivity contribution in [1.82, 2.24) is 15.0 Å². The van der Waals surface area contributed by atoms with Gasteiger partial charge in [-0.3, -0.25) is 0 Å². The summed E-state index contributed by atoms with van der Waals surface area (Å²) in [4.78, 5) is 14.6. The van der Waals surface area contributed by atoms with E-state index in [9.17, 15) is 0 Å². The zero-order valence-corrected chi connectivity index (χ0v) is 10.0. The average molecular weight is 235 g/mol. The first kappa shape index (κ1) is 10.8. The standard InChI is InChI=1S/C10H13N5S/c1-15(2)10-12-4-3-8(14-10)13-7-9-11-5-6-16-9/h3-6H,7H2,1-2H3,(H,12,13,14). The van der Waals surface area contributed by atoms with E-state index in [1.54, 1.807) is 23.7 Å². The molecule has 0 aliphatic rings. The maximum Gasteiger partial charge on any atom is 0.226 e. The average Bonchev–Trinajstić information content (AvgIpc) is 2.79. The van der Waals surface area contributed by atoms with E-state index in [2.05, 4.69) is 20.3 Å². The van der Waals surface area contributed by atoms with Crippen LogP contribution in [0.1, 0.15) is 5.01 Å². The lowest BCUT2D eigenvalue weighted by molar-refractivity contribution is 0.985. The third kappa shape index (κ3) is 2.66. The van der Waals surface area contributed by atoms with Gasteiger partial charge >= 0.3 is 0 Å². The van der Waals surface area contributed by atoms with Crippen molar-refractivity contribution in [2.45, 2.75) is 6.54 Å². The Morgan fingerprint density at radius 2 is 2.19 bits per heavy atom. The molecule has 0 saturated heterocycles. The summed E-state index contributed by atoms with van der Waals surface area (Å²) in [5, 5.41) is 6.22. The maximum atomic E-state index is 4.35. The van der Waals surface area contributed by atoms with Crippen LogP contribution in [-0.4, -0.2) is 29.0 Å². The predicted octanol–water partition coefficient (Wildman–Crippen LogP) is 1.61. The summed E-state index contributed by atoms with van der Waals surface area (Å²) < 4.78 is 0. The second-order valence-corrected chi connectivity index (χ2v) is 4.39. The third-order valence-electron chi connectivity index (χ3n) is 1.95. The summed E-state index contributed by atoms with van der Waals surface area (Å²) in [5.41, 5.74) is 0. The lowest BCUT2D eigenvalue weighted by Crippen LogP contribution is -2.13. The summed E-state index contributed by atoms with van der Waals surface area (Å²) in [6.45, 7) is 0.696. The highest BCUT2D eigenvalue weighted by Gasteiger charge is 2.01. The molecule has 0 saturated carbocycles. The molecule has 0 unspecified atom stereocenters. The second-order valence-electron chi connectivity index (χ2n) is 3.42. The molecule has 0 atom stereocenters. The van der Waals surface area contributed by atoms with Gasteiger partial charge in [0, 0.05) is 31.9 Å². The van der Waals surface area contributed by atoms with Crippen LogP contribution in [-0.2, 0) is 6.54 Å². The minimum atomic E-state index is 0.696. The Labute approximate surface area is 98.2 Å². The highest BCUT2D eigenvalue weighted by molar-refractivity contribution is 7.09. The number of hydrogen-bond donors (Lipinski definition) is 1. The number of thiazole rings is 1. The first-order valence-corrected chi connectivity index (χ1v) is 5.76. The highest BCUT2D eigenvalue weighted by Crippen LogP contribution is 2.10. The van der Waals surface area contributed by atoms with Crippen LogP contribution in [0.2, 0.25) is 0 Å². The van der Waals surface area contributed by atoms with Crippen molar-refractivity contribution in [2.24, 2.45) is 0 Å². The Morgan fingerprint density at radius 1 is 1.31 bits per heavy atom. The van der Waals surface area contributed by atoms with Crippen molar-refractivity contribution in [3.8, 4) is 0 Å². The summed E-state index contributed by atoms with van der Waals surface area (Å²) in [5.74, 6) is 1.51. The molecule has 84 valence electrons. The van der Waals surface area contributed by atoms with E-state index in [0.717, 1.165) is 10.8 Å². The zero-order valence-electron chi connectivity index (χ0n) is 9.21. The van der Waals surface area contributed by atoms with Gasteiger partial charge in [0.1, 0.15) is 10.8 Å². The number of hydrogen-bond acceptors (Lipinski definition) is 6. The van der Waals surface area contributed by atoms with Crippen molar-refractivity contribution >= 4 is 23.1 Å². The van der Waals surface area contributed by atoms with E-state index in [1.165, 1.54) is 0 Å². The minimum Gasteiger partial charge on any atom is -0.363 e. The SMILES string of the molecule is CN(C)c1nccc(NCc2nccs2)n1. The first-order chi connectivity index (χ1) is 7.75.